The Labute approximate surface area is 396 Å². The summed E-state index contributed by atoms with van der Waals surface area (Å²) in [4.78, 5) is 79.9. The predicted molar refractivity (Wildman–Crippen MR) is 244 cm³/mol. The van der Waals surface area contributed by atoms with Crippen molar-refractivity contribution >= 4 is 30.1 Å². The Morgan fingerprint density at radius 1 is 1.03 bits per heavy atom. The number of carbonyl (C=O) groups is 5. The van der Waals surface area contributed by atoms with E-state index in [1.165, 1.54) is 19.9 Å². The van der Waals surface area contributed by atoms with E-state index in [-0.39, 0.29) is 54.6 Å². The molecule has 2 N–H and O–H groups in total. The first-order valence-electron chi connectivity index (χ1n) is 23.3. The van der Waals surface area contributed by atoms with Crippen molar-refractivity contribution in [3.8, 4) is 5.75 Å². The maximum atomic E-state index is 15.4. The SMILES string of the molecule is COC(=O)NC1C(C)OC(OC2C/C=C(\C)C3C=CC4C(OCc5ccc(OC)cc5)C(C)CC(C)C4C3(C)/C(O)=C3/C(=O)OC4(CC(C=O)=CC(OC(C)=O)C4/C=C/2C)C3=O)CC1(C)[N+](=O)[O-]. The number of aliphatic hydroxyl groups is 1. The van der Waals surface area contributed by atoms with Gasteiger partial charge in [-0.3, -0.25) is 24.5 Å². The van der Waals surface area contributed by atoms with Crippen molar-refractivity contribution in [3.05, 3.63) is 98.4 Å². The van der Waals surface area contributed by atoms with Crippen molar-refractivity contribution < 1.29 is 67.2 Å². The minimum absolute atomic E-state index is 0.0466. The molecule has 1 aromatic rings. The van der Waals surface area contributed by atoms with E-state index in [9.17, 15) is 34.4 Å². The molecule has 1 saturated carbocycles. The zero-order valence-corrected chi connectivity index (χ0v) is 40.3. The summed E-state index contributed by atoms with van der Waals surface area (Å²) in [5.74, 6) is -4.83. The first-order valence-corrected chi connectivity index (χ1v) is 23.3. The number of alkyl carbamates (subject to hydrolysis) is 1. The molecular formula is C51H64N2O15. The van der Waals surface area contributed by atoms with Crippen molar-refractivity contribution in [2.75, 3.05) is 14.2 Å². The number of carbonyl (C=O) groups excluding carboxylic acids is 5. The number of aliphatic hydroxyl groups excluding tert-OH is 1. The van der Waals surface area contributed by atoms with Crippen molar-refractivity contribution in [3.63, 3.8) is 0 Å². The number of rotatable bonds is 10. The molecule has 2 heterocycles. The minimum atomic E-state index is -2.15. The Bertz CT molecular complexity index is 2350. The van der Waals surface area contributed by atoms with Crippen molar-refractivity contribution in [1.29, 1.82) is 0 Å². The summed E-state index contributed by atoms with van der Waals surface area (Å²) in [5.41, 5.74) is -3.53. The van der Waals surface area contributed by atoms with E-state index in [1.807, 2.05) is 50.3 Å². The summed E-state index contributed by atoms with van der Waals surface area (Å²) in [6.07, 6.45) is 4.33. The van der Waals surface area contributed by atoms with Gasteiger partial charge in [-0.25, -0.2) is 9.59 Å². The Balaban J connectivity index is 1.37. The number of nitrogens with one attached hydrogen (secondary N) is 1. The molecule has 15 unspecified atom stereocenters. The maximum absolute atomic E-state index is 15.4. The van der Waals surface area contributed by atoms with E-state index in [0.717, 1.165) is 24.0 Å². The number of allylic oxidation sites excluding steroid dienone is 3. The molecule has 7 rings (SSSR count). The molecule has 2 bridgehead atoms. The highest BCUT2D eigenvalue weighted by Gasteiger charge is 2.65. The van der Waals surface area contributed by atoms with Gasteiger partial charge in [0, 0.05) is 42.4 Å². The predicted octanol–water partition coefficient (Wildman–Crippen LogP) is 7.01. The van der Waals surface area contributed by atoms with Crippen LogP contribution in [0.4, 0.5) is 4.79 Å². The van der Waals surface area contributed by atoms with E-state index in [0.29, 0.717) is 24.9 Å². The van der Waals surface area contributed by atoms with E-state index >= 15 is 4.79 Å². The highest BCUT2D eigenvalue weighted by molar-refractivity contribution is 6.26. The fourth-order valence-electron chi connectivity index (χ4n) is 12.3. The van der Waals surface area contributed by atoms with Crippen LogP contribution >= 0.6 is 0 Å². The van der Waals surface area contributed by atoms with Crippen LogP contribution in [-0.2, 0) is 54.2 Å². The van der Waals surface area contributed by atoms with Crippen molar-refractivity contribution in [2.45, 2.75) is 136 Å². The summed E-state index contributed by atoms with van der Waals surface area (Å²) in [6.45, 7) is 14.2. The van der Waals surface area contributed by atoms with Crippen LogP contribution in [0.5, 0.6) is 5.75 Å². The molecule has 2 aliphatic heterocycles. The summed E-state index contributed by atoms with van der Waals surface area (Å²) in [6, 6.07) is 6.53. The molecule has 6 aliphatic rings. The lowest BCUT2D eigenvalue weighted by Gasteiger charge is -2.56. The van der Waals surface area contributed by atoms with Gasteiger partial charge in [0.05, 0.1) is 51.5 Å². The smallest absolute Gasteiger partial charge is 0.407 e. The average Bonchev–Trinajstić information content (AvgIpc) is 3.53. The first-order chi connectivity index (χ1) is 32.1. The van der Waals surface area contributed by atoms with Gasteiger partial charge in [-0.05, 0) is 86.3 Å². The Morgan fingerprint density at radius 3 is 2.37 bits per heavy atom. The average molecular weight is 945 g/mol. The number of esters is 2. The molecule has 17 heteroatoms. The van der Waals surface area contributed by atoms with Gasteiger partial charge in [0.1, 0.15) is 35.5 Å². The molecule has 0 aromatic heterocycles. The van der Waals surface area contributed by atoms with Gasteiger partial charge in [-0.2, -0.15) is 0 Å². The number of fused-ring (bicyclic) bond motifs is 4. The van der Waals surface area contributed by atoms with Gasteiger partial charge >= 0.3 is 18.0 Å². The molecule has 15 atom stereocenters. The monoisotopic (exact) mass is 944 g/mol. The fourth-order valence-corrected chi connectivity index (χ4v) is 12.3. The standard InChI is InChI=1S/C51H64N2O15/c1-26-11-18-38(67-40-23-49(7,53(60)61)44(30(5)65-40)52-48(59)63-10)27(2)20-37-39(66-31(6)55)21-33(24-54)22-51(37)46(57)41(47(58)68-51)45(56)50(8)36(26)17-16-35-42(50)28(3)19-29(4)43(35)64-25-32-12-14-34(62-9)15-13-32/h11-17,20-21,24,28-30,35-40,42-44,56H,18-19,22-23,25H2,1-10H3,(H,52,59)/b26-11+,27-20+,45-41-. The molecule has 2 saturated heterocycles. The second-order valence-electron chi connectivity index (χ2n) is 20.0. The van der Waals surface area contributed by atoms with Crippen molar-refractivity contribution in [1.82, 2.24) is 5.32 Å². The highest BCUT2D eigenvalue weighted by atomic mass is 16.7. The molecule has 368 valence electrons. The molecule has 1 aromatic carbocycles. The quantitative estimate of drug-likeness (QED) is 0.0458. The zero-order valence-electron chi connectivity index (χ0n) is 40.3. The largest absolute Gasteiger partial charge is 0.511 e. The van der Waals surface area contributed by atoms with E-state index in [2.05, 4.69) is 25.2 Å². The Morgan fingerprint density at radius 2 is 1.74 bits per heavy atom. The number of methoxy groups -OCH3 is 2. The third-order valence-corrected chi connectivity index (χ3v) is 15.6. The molecule has 1 amide bonds. The molecule has 4 aliphatic carbocycles. The Kier molecular flexibility index (Phi) is 14.3. The topological polar surface area (TPSA) is 225 Å². The number of amides is 1. The van der Waals surface area contributed by atoms with E-state index in [4.69, 9.17) is 33.2 Å². The van der Waals surface area contributed by atoms with Crippen LogP contribution in [0.1, 0.15) is 86.6 Å². The Hall–Kier alpha value is -5.65. The molecular weight excluding hydrogens is 881 g/mol. The zero-order chi connectivity index (χ0) is 49.6. The summed E-state index contributed by atoms with van der Waals surface area (Å²) in [7, 11) is 2.76. The summed E-state index contributed by atoms with van der Waals surface area (Å²) in [5, 5.41) is 28.3. The summed E-state index contributed by atoms with van der Waals surface area (Å²) < 4.78 is 41.8. The second kappa shape index (κ2) is 19.4. The lowest BCUT2D eigenvalue weighted by molar-refractivity contribution is -0.584. The molecule has 0 radical (unpaired) electrons. The van der Waals surface area contributed by atoms with Crippen LogP contribution in [0.15, 0.2) is 82.7 Å². The first kappa shape index (κ1) is 50.2. The number of ketones is 1. The van der Waals surface area contributed by atoms with Crippen LogP contribution in [0.3, 0.4) is 0 Å². The number of benzene rings is 1. The van der Waals surface area contributed by atoms with Gasteiger partial charge < -0.3 is 43.6 Å². The number of nitro groups is 1. The molecule has 1 spiro atoms. The third-order valence-electron chi connectivity index (χ3n) is 15.6. The van der Waals surface area contributed by atoms with Crippen LogP contribution < -0.4 is 10.1 Å². The second-order valence-corrected chi connectivity index (χ2v) is 20.0. The number of hydrogen-bond donors (Lipinski definition) is 2. The van der Waals surface area contributed by atoms with Gasteiger partial charge in [0.2, 0.25) is 11.3 Å². The molecule has 17 nitrogen and oxygen atoms in total. The maximum Gasteiger partial charge on any atom is 0.407 e. The number of aldehydes is 1. The summed E-state index contributed by atoms with van der Waals surface area (Å²) >= 11 is 0. The number of ether oxygens (including phenoxy) is 7. The van der Waals surface area contributed by atoms with E-state index < -0.39 is 99.1 Å². The van der Waals surface area contributed by atoms with Crippen molar-refractivity contribution in [2.24, 2.45) is 40.9 Å². The van der Waals surface area contributed by atoms with Crippen LogP contribution in [0.2, 0.25) is 0 Å². The van der Waals surface area contributed by atoms with Gasteiger partial charge in [0.25, 0.3) is 0 Å². The number of hydrogen-bond acceptors (Lipinski definition) is 15. The van der Waals surface area contributed by atoms with Crippen LogP contribution in [0, 0.1) is 51.0 Å². The number of Topliss-reactive ketones (excluding diaryl/α,β-unsaturated/α-hetero) is 1. The minimum Gasteiger partial charge on any atom is -0.511 e. The van der Waals surface area contributed by atoms with Crippen LogP contribution in [-0.4, -0.2) is 102 Å². The van der Waals surface area contributed by atoms with Gasteiger partial charge in [0.15, 0.2) is 11.9 Å². The third kappa shape index (κ3) is 8.92. The normalized spacial score (nSPS) is 40.6. The molecule has 68 heavy (non-hydrogen) atoms. The lowest BCUT2D eigenvalue weighted by Crippen LogP contribution is -2.65. The molecule has 3 fully saturated rings. The van der Waals surface area contributed by atoms with Crippen LogP contribution in [0.25, 0.3) is 0 Å². The van der Waals surface area contributed by atoms with E-state index in [1.54, 1.807) is 27.0 Å². The lowest BCUT2D eigenvalue weighted by atomic mass is 9.49. The highest BCUT2D eigenvalue weighted by Crippen LogP contribution is 2.61. The fraction of sp³-hybridized carbons (Fsp3) is 0.588. The number of nitrogens with zero attached hydrogens (tertiary/aromatic N) is 1. The van der Waals surface area contributed by atoms with Gasteiger partial charge in [-0.15, -0.1) is 0 Å². The van der Waals surface area contributed by atoms with Gasteiger partial charge in [-0.1, -0.05) is 62.8 Å².